The standard InChI is InChI=1S/C18H24N2O4/c21-18(19-13-12-15-7-2-1-3-8-15)11-6-14-24-17-10-5-4-9-16(17)20(22)23/h4-5,7,9-10H,1-3,6,8,11-14H2,(H,19,21). The molecule has 0 spiro atoms. The number of benzene rings is 1. The first kappa shape index (κ1) is 18.0. The van der Waals surface area contributed by atoms with Crippen LogP contribution in [0.4, 0.5) is 5.69 Å². The molecule has 24 heavy (non-hydrogen) atoms. The third-order valence-electron chi connectivity index (χ3n) is 4.02. The van der Waals surface area contributed by atoms with E-state index in [9.17, 15) is 14.9 Å². The Morgan fingerprint density at radius 2 is 2.12 bits per heavy atom. The SMILES string of the molecule is O=C(CCCOc1ccccc1[N+](=O)[O-])NCCC1=CCCCC1. The maximum atomic E-state index is 11.8. The number of para-hydroxylation sites is 2. The summed E-state index contributed by atoms with van der Waals surface area (Å²) < 4.78 is 5.42. The quantitative estimate of drug-likeness (QED) is 0.323. The summed E-state index contributed by atoms with van der Waals surface area (Å²) in [5.41, 5.74) is 1.39. The van der Waals surface area contributed by atoms with Crippen LogP contribution in [0.5, 0.6) is 5.75 Å². The molecule has 6 nitrogen and oxygen atoms in total. The Hall–Kier alpha value is -2.37. The normalized spacial score (nSPS) is 13.9. The van der Waals surface area contributed by atoms with E-state index in [4.69, 9.17) is 4.74 Å². The molecule has 0 aliphatic heterocycles. The van der Waals surface area contributed by atoms with Gasteiger partial charge in [0.05, 0.1) is 11.5 Å². The number of nitrogens with one attached hydrogen (secondary N) is 1. The van der Waals surface area contributed by atoms with Crippen molar-refractivity contribution in [2.45, 2.75) is 44.9 Å². The van der Waals surface area contributed by atoms with Crippen molar-refractivity contribution in [1.82, 2.24) is 5.32 Å². The Morgan fingerprint density at radius 3 is 2.88 bits per heavy atom. The Kier molecular flexibility index (Phi) is 7.26. The number of rotatable bonds is 9. The summed E-state index contributed by atoms with van der Waals surface area (Å²) in [7, 11) is 0. The highest BCUT2D eigenvalue weighted by Crippen LogP contribution is 2.25. The van der Waals surface area contributed by atoms with E-state index in [2.05, 4.69) is 11.4 Å². The average Bonchev–Trinajstić information content (AvgIpc) is 2.60. The lowest BCUT2D eigenvalue weighted by Crippen LogP contribution is -2.25. The molecule has 0 bridgehead atoms. The number of ether oxygens (including phenoxy) is 1. The van der Waals surface area contributed by atoms with Gasteiger partial charge in [-0.05, 0) is 44.6 Å². The van der Waals surface area contributed by atoms with Gasteiger partial charge in [-0.25, -0.2) is 0 Å². The lowest BCUT2D eigenvalue weighted by Gasteiger charge is -2.13. The van der Waals surface area contributed by atoms with Gasteiger partial charge >= 0.3 is 5.69 Å². The Bertz CT molecular complexity index is 598. The molecule has 0 aromatic heterocycles. The number of nitro benzene ring substituents is 1. The smallest absolute Gasteiger partial charge is 0.310 e. The van der Waals surface area contributed by atoms with Gasteiger partial charge in [0.25, 0.3) is 0 Å². The summed E-state index contributed by atoms with van der Waals surface area (Å²) >= 11 is 0. The molecule has 0 atom stereocenters. The molecule has 1 aromatic carbocycles. The van der Waals surface area contributed by atoms with Crippen molar-refractivity contribution in [1.29, 1.82) is 0 Å². The van der Waals surface area contributed by atoms with E-state index in [0.717, 1.165) is 19.3 Å². The molecule has 0 saturated carbocycles. The molecule has 0 radical (unpaired) electrons. The average molecular weight is 332 g/mol. The summed E-state index contributed by atoms with van der Waals surface area (Å²) in [5.74, 6) is 0.240. The fourth-order valence-corrected chi connectivity index (χ4v) is 2.73. The van der Waals surface area contributed by atoms with E-state index >= 15 is 0 Å². The first-order chi connectivity index (χ1) is 11.7. The molecular formula is C18H24N2O4. The minimum atomic E-state index is -0.470. The van der Waals surface area contributed by atoms with Gasteiger partial charge < -0.3 is 10.1 Å². The molecule has 0 heterocycles. The van der Waals surface area contributed by atoms with Crippen molar-refractivity contribution in [3.05, 3.63) is 46.0 Å². The number of hydrogen-bond acceptors (Lipinski definition) is 4. The minimum Gasteiger partial charge on any atom is -0.487 e. The molecule has 0 fully saturated rings. The van der Waals surface area contributed by atoms with Gasteiger partial charge in [0.1, 0.15) is 0 Å². The summed E-state index contributed by atoms with van der Waals surface area (Å²) in [6, 6.07) is 6.26. The zero-order chi connectivity index (χ0) is 17.2. The third kappa shape index (κ3) is 6.02. The minimum absolute atomic E-state index is 0.00225. The van der Waals surface area contributed by atoms with Crippen LogP contribution in [-0.2, 0) is 4.79 Å². The Balaban J connectivity index is 1.61. The summed E-state index contributed by atoms with van der Waals surface area (Å²) in [5, 5.41) is 13.8. The lowest BCUT2D eigenvalue weighted by molar-refractivity contribution is -0.385. The molecule has 1 N–H and O–H groups in total. The van der Waals surface area contributed by atoms with E-state index in [0.29, 0.717) is 19.4 Å². The van der Waals surface area contributed by atoms with Crippen LogP contribution in [0.1, 0.15) is 44.9 Å². The van der Waals surface area contributed by atoms with E-state index < -0.39 is 4.92 Å². The van der Waals surface area contributed by atoms with Crippen molar-refractivity contribution < 1.29 is 14.5 Å². The molecule has 0 unspecified atom stereocenters. The highest BCUT2D eigenvalue weighted by molar-refractivity contribution is 5.75. The predicted molar refractivity (Wildman–Crippen MR) is 92.0 cm³/mol. The van der Waals surface area contributed by atoms with Gasteiger partial charge in [-0.2, -0.15) is 0 Å². The second-order valence-electron chi connectivity index (χ2n) is 5.88. The fraction of sp³-hybridized carbons (Fsp3) is 0.500. The summed E-state index contributed by atoms with van der Waals surface area (Å²) in [4.78, 5) is 22.2. The zero-order valence-electron chi connectivity index (χ0n) is 13.8. The van der Waals surface area contributed by atoms with Crippen molar-refractivity contribution in [3.63, 3.8) is 0 Å². The van der Waals surface area contributed by atoms with Crippen LogP contribution in [0.15, 0.2) is 35.9 Å². The number of nitro groups is 1. The lowest BCUT2D eigenvalue weighted by atomic mass is 9.97. The Labute approximate surface area is 142 Å². The predicted octanol–water partition coefficient (Wildman–Crippen LogP) is 3.76. The molecule has 1 amide bonds. The Morgan fingerprint density at radius 1 is 1.29 bits per heavy atom. The molecule has 2 rings (SSSR count). The molecular weight excluding hydrogens is 308 g/mol. The monoisotopic (exact) mass is 332 g/mol. The van der Waals surface area contributed by atoms with E-state index in [1.807, 2.05) is 0 Å². The molecule has 1 aliphatic carbocycles. The highest BCUT2D eigenvalue weighted by atomic mass is 16.6. The molecule has 1 aliphatic rings. The van der Waals surface area contributed by atoms with Crippen LogP contribution in [0, 0.1) is 10.1 Å². The zero-order valence-corrected chi connectivity index (χ0v) is 13.8. The van der Waals surface area contributed by atoms with Gasteiger partial charge in [-0.1, -0.05) is 23.8 Å². The van der Waals surface area contributed by atoms with E-state index in [-0.39, 0.29) is 24.0 Å². The maximum absolute atomic E-state index is 11.8. The first-order valence-corrected chi connectivity index (χ1v) is 8.47. The topological polar surface area (TPSA) is 81.5 Å². The van der Waals surface area contributed by atoms with Crippen LogP contribution >= 0.6 is 0 Å². The summed E-state index contributed by atoms with van der Waals surface area (Å²) in [6.45, 7) is 0.957. The molecule has 6 heteroatoms. The van der Waals surface area contributed by atoms with Crippen molar-refractivity contribution >= 4 is 11.6 Å². The second-order valence-corrected chi connectivity index (χ2v) is 5.88. The van der Waals surface area contributed by atoms with Gasteiger partial charge in [-0.15, -0.1) is 0 Å². The van der Waals surface area contributed by atoms with Crippen LogP contribution < -0.4 is 10.1 Å². The maximum Gasteiger partial charge on any atom is 0.310 e. The van der Waals surface area contributed by atoms with Gasteiger partial charge in [0, 0.05) is 19.0 Å². The van der Waals surface area contributed by atoms with E-state index in [1.165, 1.54) is 24.5 Å². The number of allylic oxidation sites excluding steroid dienone is 1. The number of carbonyl (C=O) groups is 1. The fourth-order valence-electron chi connectivity index (χ4n) is 2.73. The van der Waals surface area contributed by atoms with Gasteiger partial charge in [0.15, 0.2) is 5.75 Å². The number of hydrogen-bond donors (Lipinski definition) is 1. The second kappa shape index (κ2) is 9.70. The van der Waals surface area contributed by atoms with Crippen molar-refractivity contribution in [2.24, 2.45) is 0 Å². The van der Waals surface area contributed by atoms with Crippen LogP contribution in [0.3, 0.4) is 0 Å². The van der Waals surface area contributed by atoms with Gasteiger partial charge in [-0.3, -0.25) is 14.9 Å². The van der Waals surface area contributed by atoms with E-state index in [1.54, 1.807) is 18.2 Å². The van der Waals surface area contributed by atoms with Gasteiger partial charge in [0.2, 0.25) is 5.91 Å². The first-order valence-electron chi connectivity index (χ1n) is 8.47. The number of nitrogens with zero attached hydrogens (tertiary/aromatic N) is 1. The van der Waals surface area contributed by atoms with Crippen LogP contribution in [-0.4, -0.2) is 24.0 Å². The van der Waals surface area contributed by atoms with Crippen molar-refractivity contribution in [2.75, 3.05) is 13.2 Å². The number of carbonyl (C=O) groups excluding carboxylic acids is 1. The highest BCUT2D eigenvalue weighted by Gasteiger charge is 2.13. The molecule has 0 saturated heterocycles. The van der Waals surface area contributed by atoms with Crippen LogP contribution in [0.2, 0.25) is 0 Å². The summed E-state index contributed by atoms with van der Waals surface area (Å²) in [6.07, 6.45) is 8.94. The van der Waals surface area contributed by atoms with Crippen molar-refractivity contribution in [3.8, 4) is 5.75 Å². The third-order valence-corrected chi connectivity index (χ3v) is 4.02. The molecule has 130 valence electrons. The van der Waals surface area contributed by atoms with Crippen LogP contribution in [0.25, 0.3) is 0 Å². The number of amides is 1. The largest absolute Gasteiger partial charge is 0.487 e. The molecule has 1 aromatic rings.